The van der Waals surface area contributed by atoms with E-state index < -0.39 is 0 Å². The maximum absolute atomic E-state index is 6.00. The molecule has 3 heterocycles. The third-order valence-corrected chi connectivity index (χ3v) is 4.92. The molecule has 0 aliphatic heterocycles. The van der Waals surface area contributed by atoms with Gasteiger partial charge in [-0.05, 0) is 48.3 Å². The summed E-state index contributed by atoms with van der Waals surface area (Å²) in [4.78, 5) is 19.3. The summed E-state index contributed by atoms with van der Waals surface area (Å²) in [6.07, 6.45) is 4.56. The van der Waals surface area contributed by atoms with E-state index in [2.05, 4.69) is 32.9 Å². The van der Waals surface area contributed by atoms with Crippen molar-refractivity contribution in [2.24, 2.45) is 0 Å². The van der Waals surface area contributed by atoms with Crippen molar-refractivity contribution in [3.63, 3.8) is 0 Å². The average molecular weight is 323 g/mol. The molecule has 0 saturated carbocycles. The number of hydrogen-bond donors (Lipinski definition) is 0. The topological polar surface area (TPSA) is 51.6 Å². The summed E-state index contributed by atoms with van der Waals surface area (Å²) in [6, 6.07) is 2.12. The summed E-state index contributed by atoms with van der Waals surface area (Å²) < 4.78 is 0. The summed E-state index contributed by atoms with van der Waals surface area (Å²) in [5, 5.41) is 2.75. The largest absolute Gasteiger partial charge is 0.231 e. The van der Waals surface area contributed by atoms with Crippen LogP contribution in [-0.2, 0) is 6.42 Å². The second-order valence-corrected chi connectivity index (χ2v) is 6.64. The van der Waals surface area contributed by atoms with Gasteiger partial charge in [0.05, 0.1) is 0 Å². The van der Waals surface area contributed by atoms with Gasteiger partial charge in [0.2, 0.25) is 5.28 Å². The van der Waals surface area contributed by atoms with E-state index in [0.717, 1.165) is 27.2 Å². The number of aromatic nitrogens is 4. The number of fused-ring (bicyclic) bond motifs is 1. The molecule has 20 heavy (non-hydrogen) atoms. The van der Waals surface area contributed by atoms with Gasteiger partial charge in [0.25, 0.3) is 0 Å². The lowest BCUT2D eigenvalue weighted by atomic mass is 10.3. The van der Waals surface area contributed by atoms with Crippen LogP contribution in [0.5, 0.6) is 0 Å². The van der Waals surface area contributed by atoms with Crippen molar-refractivity contribution < 1.29 is 0 Å². The minimum atomic E-state index is 0.261. The van der Waals surface area contributed by atoms with Crippen LogP contribution in [0.2, 0.25) is 5.28 Å². The number of nitrogens with zero attached hydrogens (tertiary/aromatic N) is 4. The Morgan fingerprint density at radius 3 is 2.70 bits per heavy atom. The molecule has 0 amide bonds. The van der Waals surface area contributed by atoms with Crippen LogP contribution in [0.3, 0.4) is 0 Å². The summed E-state index contributed by atoms with van der Waals surface area (Å²) in [5.41, 5.74) is 1.03. The molecule has 0 radical (unpaired) electrons. The fourth-order valence-corrected chi connectivity index (χ4v) is 3.77. The predicted molar refractivity (Wildman–Crippen MR) is 82.7 cm³/mol. The second kappa shape index (κ2) is 5.63. The van der Waals surface area contributed by atoms with Crippen molar-refractivity contribution in [3.05, 3.63) is 34.2 Å². The Kier molecular flexibility index (Phi) is 3.87. The van der Waals surface area contributed by atoms with Gasteiger partial charge in [-0.25, -0.2) is 19.9 Å². The Morgan fingerprint density at radius 2 is 2.00 bits per heavy atom. The zero-order chi connectivity index (χ0) is 14.1. The first-order valence-electron chi connectivity index (χ1n) is 6.08. The van der Waals surface area contributed by atoms with E-state index >= 15 is 0 Å². The molecule has 7 heteroatoms. The van der Waals surface area contributed by atoms with Crippen molar-refractivity contribution in [1.82, 2.24) is 19.9 Å². The standard InChI is InChI=1S/C13H11ClN4S2/c1-3-8-4-9-10(19-8)17-12(14)18-11(9)20-13-15-5-7(2)6-16-13/h4-6H,3H2,1-2H3. The molecule has 3 rings (SSSR count). The van der Waals surface area contributed by atoms with E-state index in [1.54, 1.807) is 23.7 Å². The third kappa shape index (κ3) is 2.77. The first kappa shape index (κ1) is 13.7. The quantitative estimate of drug-likeness (QED) is 0.535. The highest BCUT2D eigenvalue weighted by atomic mass is 35.5. The molecule has 0 atom stereocenters. The Hall–Kier alpha value is -1.24. The van der Waals surface area contributed by atoms with Crippen LogP contribution in [0.15, 0.2) is 28.6 Å². The number of aryl methyl sites for hydroxylation is 2. The van der Waals surface area contributed by atoms with Gasteiger partial charge in [-0.15, -0.1) is 11.3 Å². The highest BCUT2D eigenvalue weighted by molar-refractivity contribution is 7.99. The Balaban J connectivity index is 2.05. The van der Waals surface area contributed by atoms with E-state index in [1.807, 2.05) is 6.92 Å². The van der Waals surface area contributed by atoms with Gasteiger partial charge < -0.3 is 0 Å². The van der Waals surface area contributed by atoms with Crippen molar-refractivity contribution in [2.45, 2.75) is 30.5 Å². The molecule has 0 saturated heterocycles. The summed E-state index contributed by atoms with van der Waals surface area (Å²) in [5.74, 6) is 0. The Labute approximate surface area is 129 Å². The molecule has 0 fully saturated rings. The maximum atomic E-state index is 6.00. The Morgan fingerprint density at radius 1 is 1.25 bits per heavy atom. The number of thiophene rings is 1. The van der Waals surface area contributed by atoms with Crippen LogP contribution in [0.1, 0.15) is 17.4 Å². The lowest BCUT2D eigenvalue weighted by Crippen LogP contribution is -1.90. The summed E-state index contributed by atoms with van der Waals surface area (Å²) in [7, 11) is 0. The van der Waals surface area contributed by atoms with E-state index in [4.69, 9.17) is 11.6 Å². The molecule has 0 aliphatic rings. The number of halogens is 1. The van der Waals surface area contributed by atoms with Crippen LogP contribution in [0, 0.1) is 6.92 Å². The molecule has 3 aromatic rings. The fraction of sp³-hybridized carbons (Fsp3) is 0.231. The molecule has 102 valence electrons. The second-order valence-electron chi connectivity index (χ2n) is 4.23. The molecule has 0 bridgehead atoms. The zero-order valence-electron chi connectivity index (χ0n) is 10.9. The lowest BCUT2D eigenvalue weighted by molar-refractivity contribution is 0.945. The zero-order valence-corrected chi connectivity index (χ0v) is 13.3. The molecule has 0 spiro atoms. The molecule has 0 aliphatic carbocycles. The smallest absolute Gasteiger partial charge is 0.224 e. The fourth-order valence-electron chi connectivity index (χ4n) is 1.69. The molecule has 0 unspecified atom stereocenters. The molecule has 0 N–H and O–H groups in total. The highest BCUT2D eigenvalue weighted by Gasteiger charge is 2.13. The molecule has 3 aromatic heterocycles. The normalized spacial score (nSPS) is 11.2. The molecular formula is C13H11ClN4S2. The van der Waals surface area contributed by atoms with Crippen LogP contribution < -0.4 is 0 Å². The highest BCUT2D eigenvalue weighted by Crippen LogP contribution is 2.34. The SMILES string of the molecule is CCc1cc2c(Sc3ncc(C)cn3)nc(Cl)nc2s1. The van der Waals surface area contributed by atoms with Gasteiger partial charge >= 0.3 is 0 Å². The number of rotatable bonds is 3. The minimum absolute atomic E-state index is 0.261. The van der Waals surface area contributed by atoms with Crippen LogP contribution in [0.4, 0.5) is 0 Å². The van der Waals surface area contributed by atoms with Gasteiger partial charge in [-0.2, -0.15) is 0 Å². The monoisotopic (exact) mass is 322 g/mol. The van der Waals surface area contributed by atoms with Crippen molar-refractivity contribution >= 4 is 44.9 Å². The van der Waals surface area contributed by atoms with E-state index in [-0.39, 0.29) is 5.28 Å². The lowest BCUT2D eigenvalue weighted by Gasteiger charge is -2.01. The van der Waals surface area contributed by atoms with Crippen molar-refractivity contribution in [2.75, 3.05) is 0 Å². The van der Waals surface area contributed by atoms with Gasteiger partial charge in [-0.3, -0.25) is 0 Å². The molecule has 0 aromatic carbocycles. The first-order valence-corrected chi connectivity index (χ1v) is 8.09. The van der Waals surface area contributed by atoms with E-state index in [0.29, 0.717) is 5.16 Å². The van der Waals surface area contributed by atoms with E-state index in [9.17, 15) is 0 Å². The van der Waals surface area contributed by atoms with Crippen LogP contribution >= 0.6 is 34.7 Å². The maximum Gasteiger partial charge on any atom is 0.224 e. The van der Waals surface area contributed by atoms with Gasteiger partial charge in [-0.1, -0.05) is 6.92 Å². The third-order valence-electron chi connectivity index (χ3n) is 2.68. The number of hydrogen-bond acceptors (Lipinski definition) is 6. The first-order chi connectivity index (χ1) is 9.65. The molecular weight excluding hydrogens is 312 g/mol. The van der Waals surface area contributed by atoms with Crippen molar-refractivity contribution in [3.8, 4) is 0 Å². The van der Waals surface area contributed by atoms with Gasteiger partial charge in [0.1, 0.15) is 9.86 Å². The summed E-state index contributed by atoms with van der Waals surface area (Å²) >= 11 is 9.06. The van der Waals surface area contributed by atoms with Gasteiger partial charge in [0, 0.05) is 22.7 Å². The van der Waals surface area contributed by atoms with Crippen molar-refractivity contribution in [1.29, 1.82) is 0 Å². The molecule has 4 nitrogen and oxygen atoms in total. The average Bonchev–Trinajstić information content (AvgIpc) is 2.84. The van der Waals surface area contributed by atoms with Crippen LogP contribution in [-0.4, -0.2) is 19.9 Å². The van der Waals surface area contributed by atoms with Crippen LogP contribution in [0.25, 0.3) is 10.2 Å². The minimum Gasteiger partial charge on any atom is -0.231 e. The Bertz CT molecular complexity index is 755. The van der Waals surface area contributed by atoms with Gasteiger partial charge in [0.15, 0.2) is 5.16 Å². The predicted octanol–water partition coefficient (Wildman–Crippen LogP) is 4.16. The van der Waals surface area contributed by atoms with E-state index in [1.165, 1.54) is 16.6 Å². The summed E-state index contributed by atoms with van der Waals surface area (Å²) in [6.45, 7) is 4.08.